The van der Waals surface area contributed by atoms with Crippen LogP contribution in [0.25, 0.3) is 0 Å². The third-order valence-corrected chi connectivity index (χ3v) is 4.88. The molecule has 0 radical (unpaired) electrons. The molecule has 0 bridgehead atoms. The molecule has 0 unspecified atom stereocenters. The summed E-state index contributed by atoms with van der Waals surface area (Å²) in [7, 11) is 0. The van der Waals surface area contributed by atoms with Gasteiger partial charge in [0.1, 0.15) is 5.75 Å². The lowest BCUT2D eigenvalue weighted by Crippen LogP contribution is -2.24. The maximum Gasteiger partial charge on any atom is 0.344 e. The highest BCUT2D eigenvalue weighted by molar-refractivity contribution is 5.93. The first kappa shape index (κ1) is 21.4. The number of benzene rings is 2. The number of anilines is 2. The zero-order valence-corrected chi connectivity index (χ0v) is 16.8. The molecule has 158 valence electrons. The fraction of sp³-hybridized carbons (Fsp3) is 0.348. The van der Waals surface area contributed by atoms with Crippen LogP contribution in [-0.2, 0) is 14.3 Å². The second-order valence-electron chi connectivity index (χ2n) is 7.10. The number of carbonyl (C=O) groups is 3. The van der Waals surface area contributed by atoms with Crippen molar-refractivity contribution in [2.24, 2.45) is 0 Å². The first-order chi connectivity index (χ1) is 14.7. The highest BCUT2D eigenvalue weighted by Gasteiger charge is 2.12. The molecule has 0 saturated carbocycles. The van der Waals surface area contributed by atoms with Gasteiger partial charge >= 0.3 is 5.97 Å². The number of nitrogens with zero attached hydrogens (tertiary/aromatic N) is 1. The molecule has 0 spiro atoms. The molecule has 3 rings (SSSR count). The van der Waals surface area contributed by atoms with Gasteiger partial charge in [-0.2, -0.15) is 0 Å². The number of esters is 1. The average molecular weight is 410 g/mol. The second-order valence-corrected chi connectivity index (χ2v) is 7.10. The molecule has 2 aromatic carbocycles. The van der Waals surface area contributed by atoms with E-state index in [1.54, 1.807) is 24.3 Å². The summed E-state index contributed by atoms with van der Waals surface area (Å²) in [6, 6.07) is 14.2. The minimum absolute atomic E-state index is 0.290. The Kier molecular flexibility index (Phi) is 7.83. The van der Waals surface area contributed by atoms with E-state index < -0.39 is 18.5 Å². The number of hydrogen-bond donors (Lipinski definition) is 1. The smallest absolute Gasteiger partial charge is 0.344 e. The predicted octanol–water partition coefficient (Wildman–Crippen LogP) is 3.44. The van der Waals surface area contributed by atoms with Crippen molar-refractivity contribution in [2.45, 2.75) is 25.7 Å². The van der Waals surface area contributed by atoms with E-state index in [1.807, 2.05) is 24.3 Å². The van der Waals surface area contributed by atoms with E-state index in [4.69, 9.17) is 9.47 Å². The Morgan fingerprint density at radius 1 is 0.933 bits per heavy atom. The zero-order valence-electron chi connectivity index (χ0n) is 16.8. The summed E-state index contributed by atoms with van der Waals surface area (Å²) < 4.78 is 10.2. The van der Waals surface area contributed by atoms with Crippen LogP contribution in [-0.4, -0.2) is 44.5 Å². The SMILES string of the molecule is O=Cc1ccccc1OCC(=O)OCC(=O)Nc1ccc(N2CCCCCC2)cc1. The van der Waals surface area contributed by atoms with Crippen LogP contribution in [0.15, 0.2) is 48.5 Å². The number of aldehydes is 1. The van der Waals surface area contributed by atoms with Crippen molar-refractivity contribution in [3.05, 3.63) is 54.1 Å². The fourth-order valence-electron chi connectivity index (χ4n) is 3.32. The molecule has 7 heteroatoms. The van der Waals surface area contributed by atoms with Gasteiger partial charge in [0.25, 0.3) is 5.91 Å². The molecule has 0 aromatic heterocycles. The lowest BCUT2D eigenvalue weighted by atomic mass is 10.2. The summed E-state index contributed by atoms with van der Waals surface area (Å²) in [5.74, 6) is -0.833. The van der Waals surface area contributed by atoms with Crippen LogP contribution in [0.4, 0.5) is 11.4 Å². The number of rotatable bonds is 8. The van der Waals surface area contributed by atoms with Gasteiger partial charge in [0, 0.05) is 24.5 Å². The van der Waals surface area contributed by atoms with Gasteiger partial charge in [-0.15, -0.1) is 0 Å². The number of nitrogens with one attached hydrogen (secondary N) is 1. The van der Waals surface area contributed by atoms with Crippen molar-refractivity contribution in [3.63, 3.8) is 0 Å². The van der Waals surface area contributed by atoms with Crippen LogP contribution in [0.3, 0.4) is 0 Å². The fourth-order valence-corrected chi connectivity index (χ4v) is 3.32. The first-order valence-corrected chi connectivity index (χ1v) is 10.1. The van der Waals surface area contributed by atoms with Gasteiger partial charge in [-0.05, 0) is 49.2 Å². The molecule has 2 aromatic rings. The zero-order chi connectivity index (χ0) is 21.2. The van der Waals surface area contributed by atoms with Crippen molar-refractivity contribution in [3.8, 4) is 5.75 Å². The summed E-state index contributed by atoms with van der Waals surface area (Å²) in [5, 5.41) is 2.71. The molecular formula is C23H26N2O5. The van der Waals surface area contributed by atoms with Crippen molar-refractivity contribution >= 4 is 29.5 Å². The summed E-state index contributed by atoms with van der Waals surface area (Å²) in [6.45, 7) is 1.32. The van der Waals surface area contributed by atoms with Crippen LogP contribution in [0.5, 0.6) is 5.75 Å². The maximum absolute atomic E-state index is 12.0. The van der Waals surface area contributed by atoms with Crippen LogP contribution < -0.4 is 15.0 Å². The third kappa shape index (κ3) is 6.34. The summed E-state index contributed by atoms with van der Waals surface area (Å²) in [5.41, 5.74) is 2.13. The monoisotopic (exact) mass is 410 g/mol. The Morgan fingerprint density at radius 2 is 1.63 bits per heavy atom. The molecule has 0 atom stereocenters. The van der Waals surface area contributed by atoms with Crippen LogP contribution in [0.2, 0.25) is 0 Å². The Labute approximate surface area is 176 Å². The highest BCUT2D eigenvalue weighted by Crippen LogP contribution is 2.21. The van der Waals surface area contributed by atoms with E-state index in [-0.39, 0.29) is 6.61 Å². The number of carbonyl (C=O) groups excluding carboxylic acids is 3. The molecule has 30 heavy (non-hydrogen) atoms. The van der Waals surface area contributed by atoms with Crippen molar-refractivity contribution in [2.75, 3.05) is 36.5 Å². The van der Waals surface area contributed by atoms with Gasteiger partial charge < -0.3 is 19.7 Å². The van der Waals surface area contributed by atoms with Crippen LogP contribution >= 0.6 is 0 Å². The molecule has 1 N–H and O–H groups in total. The Hall–Kier alpha value is -3.35. The number of hydrogen-bond acceptors (Lipinski definition) is 6. The van der Waals surface area contributed by atoms with Crippen LogP contribution in [0, 0.1) is 0 Å². The van der Waals surface area contributed by atoms with E-state index in [1.165, 1.54) is 25.7 Å². The Balaban J connectivity index is 1.41. The minimum atomic E-state index is -0.692. The molecule has 1 aliphatic heterocycles. The van der Waals surface area contributed by atoms with Crippen molar-refractivity contribution < 1.29 is 23.9 Å². The van der Waals surface area contributed by atoms with E-state index in [2.05, 4.69) is 10.2 Å². The van der Waals surface area contributed by atoms with E-state index in [9.17, 15) is 14.4 Å². The van der Waals surface area contributed by atoms with Crippen molar-refractivity contribution in [1.29, 1.82) is 0 Å². The van der Waals surface area contributed by atoms with Gasteiger partial charge in [0.05, 0.1) is 5.56 Å². The molecule has 1 amide bonds. The number of para-hydroxylation sites is 1. The Bertz CT molecular complexity index is 858. The van der Waals surface area contributed by atoms with Gasteiger partial charge in [-0.3, -0.25) is 9.59 Å². The largest absolute Gasteiger partial charge is 0.481 e. The predicted molar refractivity (Wildman–Crippen MR) is 114 cm³/mol. The first-order valence-electron chi connectivity index (χ1n) is 10.1. The van der Waals surface area contributed by atoms with Gasteiger partial charge in [0.15, 0.2) is 19.5 Å². The minimum Gasteiger partial charge on any atom is -0.481 e. The molecule has 1 fully saturated rings. The summed E-state index contributed by atoms with van der Waals surface area (Å²) in [4.78, 5) is 37.1. The van der Waals surface area contributed by atoms with Crippen molar-refractivity contribution in [1.82, 2.24) is 0 Å². The third-order valence-electron chi connectivity index (χ3n) is 4.88. The van der Waals surface area contributed by atoms with E-state index >= 15 is 0 Å². The molecule has 7 nitrogen and oxygen atoms in total. The lowest BCUT2D eigenvalue weighted by molar-refractivity contribution is -0.149. The second kappa shape index (κ2) is 11.0. The summed E-state index contributed by atoms with van der Waals surface area (Å²) >= 11 is 0. The normalized spacial score (nSPS) is 13.8. The number of amides is 1. The maximum atomic E-state index is 12.0. The summed E-state index contributed by atoms with van der Waals surface area (Å²) in [6.07, 6.45) is 5.60. The number of ether oxygens (including phenoxy) is 2. The quantitative estimate of drug-likeness (QED) is 0.530. The van der Waals surface area contributed by atoms with Gasteiger partial charge in [-0.25, -0.2) is 4.79 Å². The molecular weight excluding hydrogens is 384 g/mol. The molecule has 1 heterocycles. The lowest BCUT2D eigenvalue weighted by Gasteiger charge is -2.22. The van der Waals surface area contributed by atoms with E-state index in [0.717, 1.165) is 18.8 Å². The standard InChI is InChI=1S/C23H26N2O5/c26-15-18-7-3-4-8-21(18)29-17-23(28)30-16-22(27)24-19-9-11-20(12-10-19)25-13-5-1-2-6-14-25/h3-4,7-12,15H,1-2,5-6,13-14,16-17H2,(H,24,27). The average Bonchev–Trinajstić information content (AvgIpc) is 3.06. The molecule has 1 saturated heterocycles. The Morgan fingerprint density at radius 3 is 2.33 bits per heavy atom. The van der Waals surface area contributed by atoms with Crippen LogP contribution in [0.1, 0.15) is 36.0 Å². The van der Waals surface area contributed by atoms with Gasteiger partial charge in [0.2, 0.25) is 0 Å². The van der Waals surface area contributed by atoms with Gasteiger partial charge in [-0.1, -0.05) is 25.0 Å². The molecule has 1 aliphatic rings. The molecule has 0 aliphatic carbocycles. The van der Waals surface area contributed by atoms with E-state index in [0.29, 0.717) is 23.3 Å². The topological polar surface area (TPSA) is 84.9 Å². The highest BCUT2D eigenvalue weighted by atomic mass is 16.6.